The van der Waals surface area contributed by atoms with Crippen molar-refractivity contribution in [3.8, 4) is 5.69 Å². The van der Waals surface area contributed by atoms with Crippen molar-refractivity contribution < 1.29 is 4.79 Å². The first kappa shape index (κ1) is 15.5. The second kappa shape index (κ2) is 6.74. The van der Waals surface area contributed by atoms with Gasteiger partial charge in [-0.3, -0.25) is 4.79 Å². The maximum absolute atomic E-state index is 12.4. The maximum atomic E-state index is 12.4. The van der Waals surface area contributed by atoms with Gasteiger partial charge in [-0.25, -0.2) is 4.68 Å². The topological polar surface area (TPSA) is 50.2 Å². The number of aromatic nitrogens is 2. The summed E-state index contributed by atoms with van der Waals surface area (Å²) in [4.78, 5) is 14.3. The van der Waals surface area contributed by atoms with Crippen LogP contribution >= 0.6 is 12.4 Å². The van der Waals surface area contributed by atoms with E-state index in [0.29, 0.717) is 11.6 Å². The summed E-state index contributed by atoms with van der Waals surface area (Å²) in [6, 6.07) is 10.2. The Kier molecular flexibility index (Phi) is 4.98. The molecule has 112 valence electrons. The summed E-state index contributed by atoms with van der Waals surface area (Å²) in [6.45, 7) is 1.58. The van der Waals surface area contributed by atoms with E-state index < -0.39 is 0 Å². The number of carbonyl (C=O) groups is 1. The van der Waals surface area contributed by atoms with Crippen LogP contribution in [0.4, 0.5) is 0 Å². The van der Waals surface area contributed by atoms with Gasteiger partial charge >= 0.3 is 0 Å². The molecule has 0 saturated carbocycles. The summed E-state index contributed by atoms with van der Waals surface area (Å²) < 4.78 is 1.73. The standard InChI is InChI=1S/C15H18N4O.ClH/c1-16-13-7-8-18(11-13)15(20)12-9-17-19(10-12)14-5-3-2-4-6-14;/h2-6,9-10,13,16H,7-8,11H2,1H3;1H. The summed E-state index contributed by atoms with van der Waals surface area (Å²) in [5, 5.41) is 7.49. The molecule has 1 aromatic heterocycles. The molecular formula is C15H19ClN4O. The smallest absolute Gasteiger partial charge is 0.257 e. The van der Waals surface area contributed by atoms with Crippen LogP contribution in [-0.4, -0.2) is 46.8 Å². The van der Waals surface area contributed by atoms with Crippen LogP contribution in [-0.2, 0) is 0 Å². The lowest BCUT2D eigenvalue weighted by molar-refractivity contribution is 0.0789. The molecule has 1 fully saturated rings. The van der Waals surface area contributed by atoms with Crippen molar-refractivity contribution in [2.24, 2.45) is 0 Å². The fourth-order valence-electron chi connectivity index (χ4n) is 2.52. The number of rotatable bonds is 3. The number of likely N-dealkylation sites (tertiary alicyclic amines) is 1. The third-order valence-corrected chi connectivity index (χ3v) is 3.73. The van der Waals surface area contributed by atoms with E-state index in [1.807, 2.05) is 42.3 Å². The molecule has 2 aromatic rings. The number of benzene rings is 1. The lowest BCUT2D eigenvalue weighted by atomic mass is 10.3. The molecule has 1 atom stereocenters. The zero-order valence-corrected chi connectivity index (χ0v) is 12.7. The monoisotopic (exact) mass is 306 g/mol. The van der Waals surface area contributed by atoms with Crippen LogP contribution < -0.4 is 5.32 Å². The highest BCUT2D eigenvalue weighted by Gasteiger charge is 2.26. The molecule has 1 N–H and O–H groups in total. The minimum absolute atomic E-state index is 0. The van der Waals surface area contributed by atoms with E-state index in [2.05, 4.69) is 10.4 Å². The number of hydrogen-bond donors (Lipinski definition) is 1. The van der Waals surface area contributed by atoms with E-state index in [-0.39, 0.29) is 18.3 Å². The Labute approximate surface area is 130 Å². The molecule has 1 saturated heterocycles. The fraction of sp³-hybridized carbons (Fsp3) is 0.333. The van der Waals surface area contributed by atoms with Gasteiger partial charge in [0, 0.05) is 25.3 Å². The molecule has 21 heavy (non-hydrogen) atoms. The van der Waals surface area contributed by atoms with Crippen LogP contribution in [0.2, 0.25) is 0 Å². The average Bonchev–Trinajstić information content (AvgIpc) is 3.17. The van der Waals surface area contributed by atoms with Crippen molar-refractivity contribution in [1.82, 2.24) is 20.0 Å². The number of nitrogens with one attached hydrogen (secondary N) is 1. The Bertz CT molecular complexity index is 599. The minimum Gasteiger partial charge on any atom is -0.337 e. The Morgan fingerprint density at radius 2 is 2.10 bits per heavy atom. The minimum atomic E-state index is 0. The fourth-order valence-corrected chi connectivity index (χ4v) is 2.52. The van der Waals surface area contributed by atoms with Gasteiger partial charge in [0.2, 0.25) is 0 Å². The van der Waals surface area contributed by atoms with Crippen molar-refractivity contribution in [2.75, 3.05) is 20.1 Å². The highest BCUT2D eigenvalue weighted by Crippen LogP contribution is 2.14. The van der Waals surface area contributed by atoms with Crippen LogP contribution in [0, 0.1) is 0 Å². The summed E-state index contributed by atoms with van der Waals surface area (Å²) >= 11 is 0. The highest BCUT2D eigenvalue weighted by atomic mass is 35.5. The molecule has 1 aromatic carbocycles. The van der Waals surface area contributed by atoms with Crippen molar-refractivity contribution in [3.63, 3.8) is 0 Å². The van der Waals surface area contributed by atoms with Crippen LogP contribution in [0.5, 0.6) is 0 Å². The number of hydrogen-bond acceptors (Lipinski definition) is 3. The Morgan fingerprint density at radius 1 is 1.33 bits per heavy atom. The Hall–Kier alpha value is -1.85. The van der Waals surface area contributed by atoms with Crippen LogP contribution in [0.3, 0.4) is 0 Å². The van der Waals surface area contributed by atoms with Gasteiger partial charge in [0.25, 0.3) is 5.91 Å². The number of nitrogens with zero attached hydrogens (tertiary/aromatic N) is 3. The van der Waals surface area contributed by atoms with Gasteiger partial charge in [-0.1, -0.05) is 18.2 Å². The predicted octanol–water partition coefficient (Wildman–Crippen LogP) is 1.73. The molecule has 5 nitrogen and oxygen atoms in total. The van der Waals surface area contributed by atoms with Crippen molar-refractivity contribution >= 4 is 18.3 Å². The van der Waals surface area contributed by atoms with Gasteiger partial charge in [-0.05, 0) is 25.6 Å². The Balaban J connectivity index is 0.00000161. The van der Waals surface area contributed by atoms with Crippen molar-refractivity contribution in [1.29, 1.82) is 0 Å². The zero-order valence-electron chi connectivity index (χ0n) is 11.9. The molecule has 3 rings (SSSR count). The van der Waals surface area contributed by atoms with Crippen LogP contribution in [0.15, 0.2) is 42.7 Å². The maximum Gasteiger partial charge on any atom is 0.257 e. The lowest BCUT2D eigenvalue weighted by Crippen LogP contribution is -2.33. The molecular weight excluding hydrogens is 288 g/mol. The van der Waals surface area contributed by atoms with Crippen LogP contribution in [0.25, 0.3) is 5.69 Å². The Morgan fingerprint density at radius 3 is 2.76 bits per heavy atom. The van der Waals surface area contributed by atoms with E-state index in [1.165, 1.54) is 0 Å². The zero-order chi connectivity index (χ0) is 13.9. The van der Waals surface area contributed by atoms with Crippen LogP contribution in [0.1, 0.15) is 16.8 Å². The molecule has 2 heterocycles. The summed E-state index contributed by atoms with van der Waals surface area (Å²) in [5.74, 6) is 0.0601. The molecule has 1 unspecified atom stereocenters. The number of para-hydroxylation sites is 1. The lowest BCUT2D eigenvalue weighted by Gasteiger charge is -2.15. The molecule has 1 aliphatic heterocycles. The average molecular weight is 307 g/mol. The SMILES string of the molecule is CNC1CCN(C(=O)c2cnn(-c3ccccc3)c2)C1.Cl. The second-order valence-corrected chi connectivity index (χ2v) is 5.03. The summed E-state index contributed by atoms with van der Waals surface area (Å²) in [5.41, 5.74) is 1.60. The normalized spacial score (nSPS) is 17.6. The van der Waals surface area contributed by atoms with Gasteiger partial charge in [0.1, 0.15) is 0 Å². The second-order valence-electron chi connectivity index (χ2n) is 5.03. The molecule has 1 aliphatic rings. The third kappa shape index (κ3) is 3.25. The first-order valence-corrected chi connectivity index (χ1v) is 6.84. The number of amides is 1. The van der Waals surface area contributed by atoms with Gasteiger partial charge < -0.3 is 10.2 Å². The van der Waals surface area contributed by atoms with Gasteiger partial charge in [0.05, 0.1) is 17.4 Å². The van der Waals surface area contributed by atoms with E-state index in [9.17, 15) is 4.79 Å². The van der Waals surface area contributed by atoms with E-state index in [4.69, 9.17) is 0 Å². The molecule has 0 bridgehead atoms. The summed E-state index contributed by atoms with van der Waals surface area (Å²) in [6.07, 6.45) is 4.45. The number of likely N-dealkylation sites (N-methyl/N-ethyl adjacent to an activating group) is 1. The van der Waals surface area contributed by atoms with E-state index in [0.717, 1.165) is 25.2 Å². The molecule has 6 heteroatoms. The first-order valence-electron chi connectivity index (χ1n) is 6.84. The van der Waals surface area contributed by atoms with E-state index in [1.54, 1.807) is 17.1 Å². The predicted molar refractivity (Wildman–Crippen MR) is 84.2 cm³/mol. The molecule has 1 amide bonds. The number of carbonyl (C=O) groups excluding carboxylic acids is 1. The number of halogens is 1. The largest absolute Gasteiger partial charge is 0.337 e. The van der Waals surface area contributed by atoms with Gasteiger partial charge in [-0.15, -0.1) is 12.4 Å². The molecule has 0 spiro atoms. The third-order valence-electron chi connectivity index (χ3n) is 3.73. The van der Waals surface area contributed by atoms with Gasteiger partial charge in [-0.2, -0.15) is 5.10 Å². The quantitative estimate of drug-likeness (QED) is 0.939. The van der Waals surface area contributed by atoms with Crippen molar-refractivity contribution in [2.45, 2.75) is 12.5 Å². The summed E-state index contributed by atoms with van der Waals surface area (Å²) in [7, 11) is 1.94. The van der Waals surface area contributed by atoms with Gasteiger partial charge in [0.15, 0.2) is 0 Å². The van der Waals surface area contributed by atoms with E-state index >= 15 is 0 Å². The first-order chi connectivity index (χ1) is 9.78. The highest BCUT2D eigenvalue weighted by molar-refractivity contribution is 5.94. The molecule has 0 radical (unpaired) electrons. The molecule has 0 aliphatic carbocycles. The van der Waals surface area contributed by atoms with Crippen molar-refractivity contribution in [3.05, 3.63) is 48.3 Å².